The molecular formula is C19H21NO5. The summed E-state index contributed by atoms with van der Waals surface area (Å²) in [7, 11) is 0. The van der Waals surface area contributed by atoms with Crippen LogP contribution < -0.4 is 0 Å². The van der Waals surface area contributed by atoms with Crippen molar-refractivity contribution in [1.82, 2.24) is 4.98 Å². The van der Waals surface area contributed by atoms with Crippen molar-refractivity contribution in [2.24, 2.45) is 0 Å². The first-order chi connectivity index (χ1) is 11.6. The summed E-state index contributed by atoms with van der Waals surface area (Å²) in [6.45, 7) is 7.93. The van der Waals surface area contributed by atoms with Gasteiger partial charge in [0.1, 0.15) is 11.3 Å². The lowest BCUT2D eigenvalue weighted by atomic mass is 10.0. The van der Waals surface area contributed by atoms with Crippen LogP contribution in [0.2, 0.25) is 0 Å². The van der Waals surface area contributed by atoms with Crippen LogP contribution in [0.25, 0.3) is 0 Å². The maximum absolute atomic E-state index is 12.6. The summed E-state index contributed by atoms with van der Waals surface area (Å²) in [6.07, 6.45) is -1.07. The van der Waals surface area contributed by atoms with Gasteiger partial charge in [-0.2, -0.15) is 0 Å². The quantitative estimate of drug-likeness (QED) is 0.641. The van der Waals surface area contributed by atoms with Crippen molar-refractivity contribution in [2.45, 2.75) is 40.7 Å². The third-order valence-corrected chi connectivity index (χ3v) is 4.15. The van der Waals surface area contributed by atoms with Crippen molar-refractivity contribution in [1.29, 1.82) is 0 Å². The van der Waals surface area contributed by atoms with Crippen LogP contribution in [-0.4, -0.2) is 33.7 Å². The van der Waals surface area contributed by atoms with E-state index in [0.717, 1.165) is 0 Å². The van der Waals surface area contributed by atoms with Gasteiger partial charge in [0.25, 0.3) is 0 Å². The van der Waals surface area contributed by atoms with Crippen LogP contribution in [0.15, 0.2) is 18.2 Å². The number of nitrogens with one attached hydrogen (secondary N) is 1. The van der Waals surface area contributed by atoms with Gasteiger partial charge in [0.05, 0.1) is 5.69 Å². The van der Waals surface area contributed by atoms with Gasteiger partial charge in [0, 0.05) is 11.3 Å². The van der Waals surface area contributed by atoms with Crippen molar-refractivity contribution >= 4 is 17.5 Å². The highest BCUT2D eigenvalue weighted by Gasteiger charge is 2.27. The molecule has 25 heavy (non-hydrogen) atoms. The first-order valence-corrected chi connectivity index (χ1v) is 7.89. The van der Waals surface area contributed by atoms with Crippen LogP contribution in [-0.2, 0) is 4.74 Å². The van der Waals surface area contributed by atoms with E-state index >= 15 is 0 Å². The van der Waals surface area contributed by atoms with Gasteiger partial charge in [-0.05, 0) is 51.8 Å². The van der Waals surface area contributed by atoms with Crippen LogP contribution in [0.4, 0.5) is 0 Å². The van der Waals surface area contributed by atoms with Crippen LogP contribution in [0.5, 0.6) is 5.75 Å². The van der Waals surface area contributed by atoms with Crippen LogP contribution in [0, 0.1) is 20.8 Å². The molecule has 6 nitrogen and oxygen atoms in total. The molecule has 1 atom stereocenters. The lowest BCUT2D eigenvalue weighted by Crippen LogP contribution is -2.25. The molecule has 0 aliphatic heterocycles. The molecule has 2 rings (SSSR count). The zero-order valence-corrected chi connectivity index (χ0v) is 14.9. The second-order valence-electron chi connectivity index (χ2n) is 6.06. The number of Topliss-reactive ketones (excluding diaryl/α,β-unsaturated/α-hetero) is 2. The van der Waals surface area contributed by atoms with Crippen molar-refractivity contribution < 1.29 is 24.2 Å². The van der Waals surface area contributed by atoms with Gasteiger partial charge < -0.3 is 14.8 Å². The van der Waals surface area contributed by atoms with E-state index in [0.29, 0.717) is 22.4 Å². The molecule has 2 N–H and O–H groups in total. The van der Waals surface area contributed by atoms with Crippen molar-refractivity contribution in [3.05, 3.63) is 51.8 Å². The van der Waals surface area contributed by atoms with Crippen molar-refractivity contribution in [2.75, 3.05) is 0 Å². The summed E-state index contributed by atoms with van der Waals surface area (Å²) < 4.78 is 5.20. The number of aryl methyl sites for hydroxylation is 2. The smallest absolute Gasteiger partial charge is 0.342 e. The van der Waals surface area contributed by atoms with E-state index in [2.05, 4.69) is 4.98 Å². The Morgan fingerprint density at radius 2 is 1.80 bits per heavy atom. The highest BCUT2D eigenvalue weighted by molar-refractivity contribution is 6.05. The fourth-order valence-corrected chi connectivity index (χ4v) is 2.83. The molecule has 6 heteroatoms. The number of ketones is 2. The molecule has 0 fully saturated rings. The normalized spacial score (nSPS) is 11.9. The number of benzene rings is 1. The highest BCUT2D eigenvalue weighted by Crippen LogP contribution is 2.24. The molecule has 0 saturated carbocycles. The monoisotopic (exact) mass is 343 g/mol. The Kier molecular flexibility index (Phi) is 5.11. The first-order valence-electron chi connectivity index (χ1n) is 7.89. The van der Waals surface area contributed by atoms with Gasteiger partial charge >= 0.3 is 5.97 Å². The maximum atomic E-state index is 12.6. The molecule has 1 heterocycles. The van der Waals surface area contributed by atoms with Gasteiger partial charge in [-0.15, -0.1) is 0 Å². The van der Waals surface area contributed by atoms with E-state index < -0.39 is 17.9 Å². The summed E-state index contributed by atoms with van der Waals surface area (Å²) in [4.78, 5) is 39.4. The van der Waals surface area contributed by atoms with Crippen molar-refractivity contribution in [3.8, 4) is 5.75 Å². The number of phenolic OH excluding ortho intramolecular Hbond substituents is 1. The molecule has 0 bridgehead atoms. The molecule has 0 radical (unpaired) electrons. The Labute approximate surface area is 145 Å². The zero-order valence-electron chi connectivity index (χ0n) is 14.9. The van der Waals surface area contributed by atoms with Gasteiger partial charge in [-0.3, -0.25) is 9.59 Å². The topological polar surface area (TPSA) is 96.5 Å². The van der Waals surface area contributed by atoms with Gasteiger partial charge in [0.2, 0.25) is 5.78 Å². The van der Waals surface area contributed by atoms with E-state index in [1.54, 1.807) is 32.9 Å². The van der Waals surface area contributed by atoms with Crippen LogP contribution in [0.1, 0.15) is 61.9 Å². The highest BCUT2D eigenvalue weighted by atomic mass is 16.5. The minimum absolute atomic E-state index is 0.00321. The predicted molar refractivity (Wildman–Crippen MR) is 92.3 cm³/mol. The minimum Gasteiger partial charge on any atom is -0.507 e. The zero-order chi connectivity index (χ0) is 18.9. The SMILES string of the molecule is CC(=O)c1c(C)[nH]c(C(=O)C(C)OC(=O)c2cccc(C)c2O)c1C. The number of aromatic hydroxyl groups is 1. The number of ether oxygens (including phenoxy) is 1. The Morgan fingerprint density at radius 1 is 1.16 bits per heavy atom. The molecule has 1 unspecified atom stereocenters. The Balaban J connectivity index is 2.24. The third kappa shape index (κ3) is 3.47. The van der Waals surface area contributed by atoms with E-state index in [1.807, 2.05) is 0 Å². The van der Waals surface area contributed by atoms with Gasteiger partial charge in [-0.25, -0.2) is 4.79 Å². The summed E-state index contributed by atoms with van der Waals surface area (Å²) in [6, 6.07) is 4.71. The minimum atomic E-state index is -1.07. The molecule has 0 spiro atoms. The number of H-pyrrole nitrogens is 1. The van der Waals surface area contributed by atoms with Crippen molar-refractivity contribution in [3.63, 3.8) is 0 Å². The Bertz CT molecular complexity index is 863. The number of carbonyl (C=O) groups excluding carboxylic acids is 3. The van der Waals surface area contributed by atoms with E-state index in [4.69, 9.17) is 4.74 Å². The predicted octanol–water partition coefficient (Wildman–Crippen LogP) is 3.28. The standard InChI is InChI=1S/C19H21NO5/c1-9-7-6-8-14(17(9)22)19(24)25-13(5)18(23)16-10(2)15(12(4)21)11(3)20-16/h6-8,13,20,22H,1-5H3. The maximum Gasteiger partial charge on any atom is 0.342 e. The summed E-state index contributed by atoms with van der Waals surface area (Å²) in [5.41, 5.74) is 2.40. The number of para-hydroxylation sites is 1. The molecule has 0 amide bonds. The second kappa shape index (κ2) is 6.93. The molecule has 0 aliphatic carbocycles. The Hall–Kier alpha value is -2.89. The lowest BCUT2D eigenvalue weighted by molar-refractivity contribution is 0.0314. The average Bonchev–Trinajstić information content (AvgIpc) is 2.83. The second-order valence-corrected chi connectivity index (χ2v) is 6.06. The number of rotatable bonds is 5. The van der Waals surface area contributed by atoms with E-state index in [9.17, 15) is 19.5 Å². The third-order valence-electron chi connectivity index (χ3n) is 4.15. The number of aromatic nitrogens is 1. The molecule has 1 aromatic heterocycles. The molecule has 1 aromatic carbocycles. The molecule has 132 valence electrons. The molecule has 0 aliphatic rings. The molecular weight excluding hydrogens is 322 g/mol. The molecule has 2 aromatic rings. The Morgan fingerprint density at radius 3 is 2.36 bits per heavy atom. The number of carbonyl (C=O) groups is 3. The van der Waals surface area contributed by atoms with Crippen LogP contribution in [0.3, 0.4) is 0 Å². The number of phenols is 1. The summed E-state index contributed by atoms with van der Waals surface area (Å²) in [5.74, 6) is -1.53. The fraction of sp³-hybridized carbons (Fsp3) is 0.316. The molecule has 0 saturated heterocycles. The van der Waals surface area contributed by atoms with Crippen LogP contribution >= 0.6 is 0 Å². The summed E-state index contributed by atoms with van der Waals surface area (Å²) >= 11 is 0. The van der Waals surface area contributed by atoms with Gasteiger partial charge in [0.15, 0.2) is 11.9 Å². The first kappa shape index (κ1) is 18.4. The lowest BCUT2D eigenvalue weighted by Gasteiger charge is -2.13. The number of hydrogen-bond acceptors (Lipinski definition) is 5. The summed E-state index contributed by atoms with van der Waals surface area (Å²) in [5, 5.41) is 9.95. The number of hydrogen-bond donors (Lipinski definition) is 2. The number of aromatic amines is 1. The largest absolute Gasteiger partial charge is 0.507 e. The van der Waals surface area contributed by atoms with E-state index in [-0.39, 0.29) is 22.8 Å². The average molecular weight is 343 g/mol. The van der Waals surface area contributed by atoms with Gasteiger partial charge in [-0.1, -0.05) is 12.1 Å². The van der Waals surface area contributed by atoms with E-state index in [1.165, 1.54) is 19.9 Å². The number of esters is 1. The fourth-order valence-electron chi connectivity index (χ4n) is 2.83.